The van der Waals surface area contributed by atoms with Crippen LogP contribution in [0.15, 0.2) is 30.3 Å². The first-order valence-electron chi connectivity index (χ1n) is 8.47. The van der Waals surface area contributed by atoms with Crippen LogP contribution < -0.4 is 0 Å². The highest BCUT2D eigenvalue weighted by Crippen LogP contribution is 2.46. The summed E-state index contributed by atoms with van der Waals surface area (Å²) in [5, 5.41) is 0.136. The van der Waals surface area contributed by atoms with Crippen LogP contribution in [-0.4, -0.2) is 44.1 Å². The Morgan fingerprint density at radius 1 is 0.857 bits per heavy atom. The van der Waals surface area contributed by atoms with Crippen molar-refractivity contribution < 1.29 is 10.9 Å². The smallest absolute Gasteiger partial charge is 0.379 e. The fourth-order valence-corrected chi connectivity index (χ4v) is 7.94. The topological polar surface area (TPSA) is 18.5 Å². The van der Waals surface area contributed by atoms with Crippen LogP contribution in [0.2, 0.25) is 0 Å². The molecule has 2 heterocycles. The summed E-state index contributed by atoms with van der Waals surface area (Å²) in [6, 6.07) is 11.0. The molecule has 1 aromatic rings. The molecule has 0 saturated carbocycles. The van der Waals surface area contributed by atoms with E-state index < -0.39 is 0 Å². The molecule has 21 heavy (non-hydrogen) atoms. The van der Waals surface area contributed by atoms with Gasteiger partial charge in [-0.2, -0.15) is 0 Å². The van der Waals surface area contributed by atoms with E-state index in [1.807, 2.05) is 0 Å². The minimum absolute atomic E-state index is 0. The van der Waals surface area contributed by atoms with Crippen LogP contribution in [0.1, 0.15) is 51.4 Å². The summed E-state index contributed by atoms with van der Waals surface area (Å²) in [5.41, 5.74) is 1.44. The zero-order chi connectivity index (χ0) is 14.8. The first-order valence-corrected chi connectivity index (χ1v) is 10.5. The van der Waals surface area contributed by atoms with Crippen LogP contribution in [0.25, 0.3) is 0 Å². The lowest BCUT2D eigenvalue weighted by Gasteiger charge is -2.51. The maximum Gasteiger partial charge on any atom is 1.00 e. The molecule has 0 aliphatic carbocycles. The Kier molecular flexibility index (Phi) is 4.69. The zero-order valence-electron chi connectivity index (χ0n) is 14.4. The van der Waals surface area contributed by atoms with Gasteiger partial charge in [-0.3, -0.25) is 0 Å². The maximum absolute atomic E-state index is 6.40. The molecular formula is C17H29O2Si2+. The molecule has 4 heteroatoms. The summed E-state index contributed by atoms with van der Waals surface area (Å²) in [6.07, 6.45) is 7.49. The molecule has 116 valence electrons. The van der Waals surface area contributed by atoms with Crippen LogP contribution in [0, 0.1) is 0 Å². The minimum Gasteiger partial charge on any atom is -0.379 e. The second-order valence-electron chi connectivity index (χ2n) is 7.08. The van der Waals surface area contributed by atoms with E-state index in [0.717, 1.165) is 33.7 Å². The van der Waals surface area contributed by atoms with E-state index in [-0.39, 0.29) is 11.9 Å². The molecular weight excluding hydrogens is 292 g/mol. The van der Waals surface area contributed by atoms with Crippen molar-refractivity contribution in [3.05, 3.63) is 35.9 Å². The fraction of sp³-hybridized carbons (Fsp3) is 0.647. The predicted octanol–water partition coefficient (Wildman–Crippen LogP) is 1.41. The summed E-state index contributed by atoms with van der Waals surface area (Å²) in [7, 11) is 2.17. The summed E-state index contributed by atoms with van der Waals surface area (Å²) >= 11 is 0. The number of ether oxygens (including phenoxy) is 2. The highest BCUT2D eigenvalue weighted by Gasteiger charge is 2.49. The quantitative estimate of drug-likeness (QED) is 0.784. The lowest BCUT2D eigenvalue weighted by Crippen LogP contribution is -2.56. The monoisotopic (exact) mass is 321 g/mol. The summed E-state index contributed by atoms with van der Waals surface area (Å²) < 4.78 is 12.8. The van der Waals surface area contributed by atoms with E-state index in [1.165, 1.54) is 44.1 Å². The number of hydrogen-bond donors (Lipinski definition) is 0. The molecule has 0 spiro atoms. The molecule has 0 N–H and O–H groups in total. The highest BCUT2D eigenvalue weighted by molar-refractivity contribution is 6.19. The van der Waals surface area contributed by atoms with Gasteiger partial charge in [0.15, 0.2) is 0 Å². The Balaban J connectivity index is 0.00000176. The average Bonchev–Trinajstić information content (AvgIpc) is 2.49. The maximum atomic E-state index is 6.40. The second kappa shape index (κ2) is 6.36. The Labute approximate surface area is 135 Å². The number of rotatable bonds is 3. The van der Waals surface area contributed by atoms with Gasteiger partial charge < -0.3 is 9.47 Å². The molecule has 2 aliphatic heterocycles. The molecule has 2 nitrogen and oxygen atoms in total. The summed E-state index contributed by atoms with van der Waals surface area (Å²) in [5.74, 6) is 0.435. The van der Waals surface area contributed by atoms with Crippen molar-refractivity contribution in [3.63, 3.8) is 0 Å². The molecule has 3 rings (SSSR count). The van der Waals surface area contributed by atoms with E-state index in [0.29, 0.717) is 5.92 Å². The molecule has 2 fully saturated rings. The Hall–Kier alpha value is -0.426. The van der Waals surface area contributed by atoms with Gasteiger partial charge in [0.05, 0.1) is 10.4 Å². The van der Waals surface area contributed by atoms with Gasteiger partial charge in [0.25, 0.3) is 0 Å². The number of benzene rings is 1. The van der Waals surface area contributed by atoms with Gasteiger partial charge in [-0.15, -0.1) is 0 Å². The van der Waals surface area contributed by atoms with Crippen molar-refractivity contribution in [1.82, 2.24) is 0 Å². The van der Waals surface area contributed by atoms with E-state index in [2.05, 4.69) is 30.3 Å². The minimum atomic E-state index is 0. The molecule has 1 aromatic carbocycles. The van der Waals surface area contributed by atoms with E-state index in [9.17, 15) is 0 Å². The van der Waals surface area contributed by atoms with Gasteiger partial charge in [-0.05, 0) is 44.1 Å². The van der Waals surface area contributed by atoms with Crippen LogP contribution in [0.3, 0.4) is 0 Å². The first kappa shape index (κ1) is 15.5. The van der Waals surface area contributed by atoms with E-state index >= 15 is 0 Å². The van der Waals surface area contributed by atoms with Crippen molar-refractivity contribution in [2.45, 2.75) is 54.9 Å². The van der Waals surface area contributed by atoms with Gasteiger partial charge in [0.2, 0.25) is 0 Å². The molecule has 2 unspecified atom stereocenters. The SMILES string of the molecule is [H+].[SiH3]C1(C(c2ccccc2)C2([SiH3])CCCCO2)CCCCO1. The van der Waals surface area contributed by atoms with Crippen molar-refractivity contribution >= 4 is 20.5 Å². The lowest BCUT2D eigenvalue weighted by molar-refractivity contribution is -0.110. The third kappa shape index (κ3) is 3.18. The normalized spacial score (nSPS) is 35.6. The second-order valence-corrected chi connectivity index (χ2v) is 10.5. The number of hydrogen-bond acceptors (Lipinski definition) is 2. The van der Waals surface area contributed by atoms with Crippen molar-refractivity contribution in [3.8, 4) is 0 Å². The average molecular weight is 322 g/mol. The van der Waals surface area contributed by atoms with Gasteiger partial charge in [0.1, 0.15) is 0 Å². The Morgan fingerprint density at radius 2 is 1.38 bits per heavy atom. The molecule has 0 aromatic heterocycles. The third-order valence-electron chi connectivity index (χ3n) is 5.35. The molecule has 0 radical (unpaired) electrons. The fourth-order valence-electron chi connectivity index (χ4n) is 4.36. The summed E-state index contributed by atoms with van der Waals surface area (Å²) in [4.78, 5) is 0. The van der Waals surface area contributed by atoms with Crippen molar-refractivity contribution in [2.24, 2.45) is 0 Å². The van der Waals surface area contributed by atoms with Crippen molar-refractivity contribution in [2.75, 3.05) is 13.2 Å². The van der Waals surface area contributed by atoms with Crippen LogP contribution >= 0.6 is 0 Å². The third-order valence-corrected chi connectivity index (χ3v) is 8.08. The van der Waals surface area contributed by atoms with Gasteiger partial charge in [-0.25, -0.2) is 0 Å². The molecule has 2 saturated heterocycles. The molecule has 2 aliphatic rings. The Bertz CT molecular complexity index is 433. The molecule has 0 bridgehead atoms. The highest BCUT2D eigenvalue weighted by atomic mass is 28.2. The summed E-state index contributed by atoms with van der Waals surface area (Å²) in [6.45, 7) is 1.87. The van der Waals surface area contributed by atoms with Crippen molar-refractivity contribution in [1.29, 1.82) is 0 Å². The van der Waals surface area contributed by atoms with E-state index in [4.69, 9.17) is 9.47 Å². The van der Waals surface area contributed by atoms with Crippen LogP contribution in [0.4, 0.5) is 0 Å². The standard InChI is InChI=1S/C17H28O2Si2/c20-16(10-4-6-12-18-16)15(14-8-2-1-3-9-14)17(21)11-5-7-13-19-17/h1-3,8-9,15H,4-7,10-13H2,20-21H3/p+1. The zero-order valence-corrected chi connectivity index (χ0v) is 17.4. The first-order chi connectivity index (χ1) is 10.1. The van der Waals surface area contributed by atoms with Gasteiger partial charge in [-0.1, -0.05) is 30.3 Å². The largest absolute Gasteiger partial charge is 1.00 e. The molecule has 2 atom stereocenters. The Morgan fingerprint density at radius 3 is 1.81 bits per heavy atom. The lowest BCUT2D eigenvalue weighted by atomic mass is 9.80. The molecule has 0 amide bonds. The van der Waals surface area contributed by atoms with Crippen LogP contribution in [0.5, 0.6) is 0 Å². The van der Waals surface area contributed by atoms with Gasteiger partial charge in [0, 0.05) is 39.6 Å². The predicted molar refractivity (Wildman–Crippen MR) is 95.2 cm³/mol. The van der Waals surface area contributed by atoms with Crippen LogP contribution in [-0.2, 0) is 9.47 Å². The van der Waals surface area contributed by atoms with Gasteiger partial charge >= 0.3 is 1.43 Å². The van der Waals surface area contributed by atoms with E-state index in [1.54, 1.807) is 0 Å².